The van der Waals surface area contributed by atoms with Crippen molar-refractivity contribution in [1.82, 2.24) is 20.1 Å². The number of amides is 2. The van der Waals surface area contributed by atoms with Gasteiger partial charge in [0.1, 0.15) is 0 Å². The Hall–Kier alpha value is -2.33. The number of ketones is 1. The molecule has 1 aliphatic rings. The highest BCUT2D eigenvalue weighted by Crippen LogP contribution is 2.14. The van der Waals surface area contributed by atoms with E-state index in [9.17, 15) is 14.4 Å². The number of carbonyl (C=O) groups excluding carboxylic acids is 3. The van der Waals surface area contributed by atoms with Gasteiger partial charge in [-0.2, -0.15) is 0 Å². The Bertz CT molecular complexity index is 732. The summed E-state index contributed by atoms with van der Waals surface area (Å²) in [4.78, 5) is 49.7. The summed E-state index contributed by atoms with van der Waals surface area (Å²) in [6, 6.07) is -0.909. The summed E-state index contributed by atoms with van der Waals surface area (Å²) in [5.74, 6) is -0.132. The minimum Gasteiger partial charge on any atom is -0.388 e. The van der Waals surface area contributed by atoms with Gasteiger partial charge in [-0.25, -0.2) is 4.98 Å². The molecule has 0 bridgehead atoms. The largest absolute Gasteiger partial charge is 0.388 e. The van der Waals surface area contributed by atoms with Crippen molar-refractivity contribution in [2.45, 2.75) is 45.2 Å². The number of Topliss-reactive ketones (excluding diaryl/α,β-unsaturated/α-hetero) is 1. The second-order valence-corrected chi connectivity index (χ2v) is 8.05. The number of aromatic nitrogens is 1. The molecule has 160 valence electrons. The Morgan fingerprint density at radius 2 is 2.21 bits per heavy atom. The predicted molar refractivity (Wildman–Crippen MR) is 113 cm³/mol. The van der Waals surface area contributed by atoms with Gasteiger partial charge in [0.05, 0.1) is 24.5 Å². The first kappa shape index (κ1) is 23.0. The number of rotatable bonds is 10. The van der Waals surface area contributed by atoms with Crippen LogP contribution in [0.2, 0.25) is 0 Å². The van der Waals surface area contributed by atoms with Crippen LogP contribution in [-0.2, 0) is 9.59 Å². The van der Waals surface area contributed by atoms with Gasteiger partial charge < -0.3 is 16.0 Å². The molecule has 2 amide bonds. The minimum atomic E-state index is -0.702. The van der Waals surface area contributed by atoms with Crippen LogP contribution >= 0.6 is 11.3 Å². The molecule has 29 heavy (non-hydrogen) atoms. The summed E-state index contributed by atoms with van der Waals surface area (Å²) in [6.45, 7) is 5.30. The van der Waals surface area contributed by atoms with Crippen LogP contribution in [0.5, 0.6) is 0 Å². The molecule has 1 saturated heterocycles. The smallest absolute Gasteiger partial charge is 0.240 e. The normalized spacial score (nSPS) is 19.3. The maximum Gasteiger partial charge on any atom is 0.240 e. The van der Waals surface area contributed by atoms with Crippen LogP contribution in [0, 0.1) is 0 Å². The van der Waals surface area contributed by atoms with E-state index in [0.717, 1.165) is 6.54 Å². The Kier molecular flexibility index (Phi) is 8.71. The van der Waals surface area contributed by atoms with E-state index < -0.39 is 6.04 Å². The molecule has 0 radical (unpaired) electrons. The molecule has 1 aliphatic heterocycles. The lowest BCUT2D eigenvalue weighted by molar-refractivity contribution is -0.144. The zero-order chi connectivity index (χ0) is 21.4. The molecule has 2 atom stereocenters. The fourth-order valence-electron chi connectivity index (χ4n) is 3.31. The first-order valence-corrected chi connectivity index (χ1v) is 10.7. The van der Waals surface area contributed by atoms with Crippen LogP contribution in [0.3, 0.4) is 0 Å². The first-order valence-electron chi connectivity index (χ1n) is 9.82. The average Bonchev–Trinajstić information content (AvgIpc) is 3.21. The third-order valence-corrected chi connectivity index (χ3v) is 5.67. The van der Waals surface area contributed by atoms with E-state index in [0.29, 0.717) is 43.2 Å². The third-order valence-electron chi connectivity index (χ3n) is 4.88. The average molecular weight is 423 g/mol. The molecule has 3 N–H and O–H groups in total. The Labute approximate surface area is 175 Å². The molecular formula is C19H30N6O3S. The fourth-order valence-corrected chi connectivity index (χ4v) is 3.94. The number of likely N-dealkylation sites (N-methyl/N-ethyl adjacent to an activating group) is 1. The van der Waals surface area contributed by atoms with Gasteiger partial charge in [-0.05, 0) is 33.2 Å². The van der Waals surface area contributed by atoms with E-state index in [4.69, 9.17) is 5.73 Å². The van der Waals surface area contributed by atoms with E-state index in [1.54, 1.807) is 23.4 Å². The minimum absolute atomic E-state index is 0.0491. The maximum atomic E-state index is 12.8. The van der Waals surface area contributed by atoms with Crippen molar-refractivity contribution < 1.29 is 14.4 Å². The quantitative estimate of drug-likeness (QED) is 0.245. The van der Waals surface area contributed by atoms with Crippen LogP contribution in [-0.4, -0.2) is 83.5 Å². The molecule has 9 nitrogen and oxygen atoms in total. The summed E-state index contributed by atoms with van der Waals surface area (Å²) in [5, 5.41) is 4.88. The fraction of sp³-hybridized carbons (Fsp3) is 0.632. The number of aliphatic imine (C=N–C) groups is 1. The summed E-state index contributed by atoms with van der Waals surface area (Å²) < 4.78 is 0. The van der Waals surface area contributed by atoms with Crippen LogP contribution in [0.4, 0.5) is 0 Å². The van der Waals surface area contributed by atoms with Crippen molar-refractivity contribution in [3.63, 3.8) is 0 Å². The van der Waals surface area contributed by atoms with Gasteiger partial charge >= 0.3 is 0 Å². The summed E-state index contributed by atoms with van der Waals surface area (Å²) in [5.41, 5.74) is 5.54. The molecule has 2 rings (SSSR count). The molecule has 10 heteroatoms. The maximum absolute atomic E-state index is 12.8. The number of carbonyl (C=O) groups is 3. The summed E-state index contributed by atoms with van der Waals surface area (Å²) >= 11 is 1.24. The third kappa shape index (κ3) is 6.60. The first-order chi connectivity index (χ1) is 13.8. The topological polar surface area (TPSA) is 121 Å². The van der Waals surface area contributed by atoms with Crippen LogP contribution in [0.1, 0.15) is 42.9 Å². The molecule has 0 spiro atoms. The lowest BCUT2D eigenvalue weighted by Gasteiger charge is -2.38. The highest BCUT2D eigenvalue weighted by molar-refractivity contribution is 7.11. The number of nitrogens with zero attached hydrogens (tertiary/aromatic N) is 4. The highest BCUT2D eigenvalue weighted by Gasteiger charge is 2.33. The highest BCUT2D eigenvalue weighted by atomic mass is 32.1. The number of nitrogens with one attached hydrogen (secondary N) is 1. The number of hydrogen-bond acceptors (Lipinski definition) is 7. The number of hydrogen-bond donors (Lipinski definition) is 2. The van der Waals surface area contributed by atoms with E-state index >= 15 is 0 Å². The molecule has 1 aromatic rings. The van der Waals surface area contributed by atoms with Crippen molar-refractivity contribution in [1.29, 1.82) is 0 Å². The number of amidine groups is 1. The van der Waals surface area contributed by atoms with Gasteiger partial charge in [-0.1, -0.05) is 6.92 Å². The second-order valence-electron chi connectivity index (χ2n) is 7.15. The van der Waals surface area contributed by atoms with Crippen molar-refractivity contribution in [3.05, 3.63) is 16.6 Å². The molecular weight excluding hydrogens is 392 g/mol. The lowest BCUT2D eigenvalue weighted by atomic mass is 10.1. The zero-order valence-electron chi connectivity index (χ0n) is 17.3. The van der Waals surface area contributed by atoms with E-state index in [-0.39, 0.29) is 30.2 Å². The Morgan fingerprint density at radius 1 is 1.45 bits per heavy atom. The van der Waals surface area contributed by atoms with E-state index in [1.165, 1.54) is 11.3 Å². The van der Waals surface area contributed by atoms with Gasteiger partial charge in [-0.15, -0.1) is 11.3 Å². The van der Waals surface area contributed by atoms with Crippen molar-refractivity contribution >= 4 is 34.8 Å². The lowest BCUT2D eigenvalue weighted by Crippen LogP contribution is -2.57. The zero-order valence-corrected chi connectivity index (χ0v) is 18.1. The molecule has 0 unspecified atom stereocenters. The summed E-state index contributed by atoms with van der Waals surface area (Å²) in [7, 11) is 1.91. The Morgan fingerprint density at radius 3 is 2.83 bits per heavy atom. The van der Waals surface area contributed by atoms with Crippen LogP contribution in [0.15, 0.2) is 16.6 Å². The number of thiazole rings is 1. The predicted octanol–water partition coefficient (Wildman–Crippen LogP) is 0.521. The van der Waals surface area contributed by atoms with Gasteiger partial charge in [0.2, 0.25) is 17.6 Å². The Balaban J connectivity index is 1.99. The van der Waals surface area contributed by atoms with Crippen LogP contribution in [0.25, 0.3) is 0 Å². The number of piperazine rings is 1. The molecule has 0 aliphatic carbocycles. The van der Waals surface area contributed by atoms with Gasteiger partial charge in [0.25, 0.3) is 0 Å². The van der Waals surface area contributed by atoms with Crippen molar-refractivity contribution in [3.8, 4) is 0 Å². The van der Waals surface area contributed by atoms with Gasteiger partial charge in [-0.3, -0.25) is 24.3 Å². The van der Waals surface area contributed by atoms with Crippen molar-refractivity contribution in [2.24, 2.45) is 10.7 Å². The van der Waals surface area contributed by atoms with E-state index in [2.05, 4.69) is 15.3 Å². The molecule has 0 saturated carbocycles. The summed E-state index contributed by atoms with van der Waals surface area (Å²) in [6.07, 6.45) is 3.28. The molecule has 1 aromatic heterocycles. The number of nitrogens with two attached hydrogens (primary N) is 1. The molecule has 1 fully saturated rings. The monoisotopic (exact) mass is 422 g/mol. The SMILES string of the molecule is CC[C@@H]1C(=O)N(CC(=O)N[C@@H](CCCN=C(C)N)C(=O)c2nccs2)CCN1C. The van der Waals surface area contributed by atoms with E-state index in [1.807, 2.05) is 18.9 Å². The van der Waals surface area contributed by atoms with Crippen molar-refractivity contribution in [2.75, 3.05) is 33.2 Å². The molecule has 2 heterocycles. The molecule has 0 aromatic carbocycles. The second kappa shape index (κ2) is 11.0. The van der Waals surface area contributed by atoms with Crippen LogP contribution < -0.4 is 11.1 Å². The van der Waals surface area contributed by atoms with Gasteiger partial charge in [0.15, 0.2) is 5.01 Å². The van der Waals surface area contributed by atoms with Gasteiger partial charge in [0, 0.05) is 31.2 Å². The standard InChI is InChI=1S/C19H30N6O3S/c1-4-15-19(28)25(10-9-24(15)3)12-16(26)23-14(6-5-7-21-13(2)20)17(27)18-22-8-11-29-18/h8,11,14-15H,4-7,9-10,12H2,1-3H3,(H2,20,21)(H,23,26)/t14-,15+/m0/s1.